The van der Waals surface area contributed by atoms with E-state index < -0.39 is 0 Å². The van der Waals surface area contributed by atoms with Crippen LogP contribution in [0.2, 0.25) is 5.31 Å². The zero-order chi connectivity index (χ0) is 8.91. The van der Waals surface area contributed by atoms with Gasteiger partial charge in [-0.05, 0) is 5.61 Å². The molecule has 11 heavy (non-hydrogen) atoms. The molecule has 0 unspecified atom stereocenters. The fourth-order valence-corrected chi connectivity index (χ4v) is 0.698. The van der Waals surface area contributed by atoms with Gasteiger partial charge in [0.1, 0.15) is 0 Å². The van der Waals surface area contributed by atoms with Crippen molar-refractivity contribution in [1.82, 2.24) is 0 Å². The average molecular weight is 148 g/mol. The van der Waals surface area contributed by atoms with E-state index in [1.165, 1.54) is 6.20 Å². The molecule has 0 spiro atoms. The molecule has 0 aromatic carbocycles. The zero-order valence-electron chi connectivity index (χ0n) is 7.59. The van der Waals surface area contributed by atoms with E-state index in [0.717, 1.165) is 5.61 Å². The normalized spacial score (nSPS) is 12.5. The van der Waals surface area contributed by atoms with Gasteiger partial charge in [-0.2, -0.15) is 0 Å². The van der Waals surface area contributed by atoms with Crippen molar-refractivity contribution < 1.29 is 0 Å². The first-order valence-corrected chi connectivity index (χ1v) is 3.66. The molecule has 0 atom stereocenters. The van der Waals surface area contributed by atoms with Gasteiger partial charge < -0.3 is 0 Å². The molecule has 0 saturated carbocycles. The molecule has 0 aliphatic rings. The van der Waals surface area contributed by atoms with Crippen LogP contribution in [0.5, 0.6) is 0 Å². The van der Waals surface area contributed by atoms with Crippen LogP contribution in [0.1, 0.15) is 20.8 Å². The molecule has 0 aliphatic carbocycles. The Morgan fingerprint density at radius 1 is 1.36 bits per heavy atom. The number of aliphatic imine (C=N–C) groups is 1. The first-order valence-electron chi connectivity index (χ1n) is 3.66. The van der Waals surface area contributed by atoms with E-state index in [1.54, 1.807) is 6.08 Å². The van der Waals surface area contributed by atoms with E-state index in [4.69, 9.17) is 0 Å². The summed E-state index contributed by atoms with van der Waals surface area (Å²) >= 11 is 0. The fourth-order valence-electron chi connectivity index (χ4n) is 0.698. The molecule has 59 valence electrons. The van der Waals surface area contributed by atoms with Crippen LogP contribution in [-0.4, -0.2) is 12.9 Å². The summed E-state index contributed by atoms with van der Waals surface area (Å²) in [6, 6.07) is 0. The molecular formula is C9H15BN. The second-order valence-electron chi connectivity index (χ2n) is 3.45. The second-order valence-corrected chi connectivity index (χ2v) is 3.45. The summed E-state index contributed by atoms with van der Waals surface area (Å²) in [6.07, 6.45) is 3.26. The maximum absolute atomic E-state index is 4.03. The largest absolute Gasteiger partial charge is 0.273 e. The summed E-state index contributed by atoms with van der Waals surface area (Å²) in [5.41, 5.74) is 0.882. The fraction of sp³-hybridized carbons (Fsp3) is 0.444. The lowest BCUT2D eigenvalue weighted by Crippen LogP contribution is -2.17. The minimum atomic E-state index is 0.149. The van der Waals surface area contributed by atoms with Gasteiger partial charge in [-0.15, -0.1) is 0 Å². The van der Waals surface area contributed by atoms with E-state index in [-0.39, 0.29) is 5.31 Å². The summed E-state index contributed by atoms with van der Waals surface area (Å²) in [6.45, 7) is 13.5. The van der Waals surface area contributed by atoms with Crippen LogP contribution in [0, 0.1) is 0 Å². The maximum atomic E-state index is 4.03. The standard InChI is InChI=1S/C9H15BN/c1-6-8(11-7-2)10-9(3,4)5/h6-7H,1-2H2,3-5H3. The van der Waals surface area contributed by atoms with E-state index >= 15 is 0 Å². The predicted octanol–water partition coefficient (Wildman–Crippen LogP) is 2.64. The van der Waals surface area contributed by atoms with Gasteiger partial charge in [-0.1, -0.05) is 45.3 Å². The van der Waals surface area contributed by atoms with Gasteiger partial charge in [0.25, 0.3) is 0 Å². The molecular weight excluding hydrogens is 133 g/mol. The quantitative estimate of drug-likeness (QED) is 0.431. The van der Waals surface area contributed by atoms with Crippen LogP contribution in [-0.2, 0) is 0 Å². The van der Waals surface area contributed by atoms with Crippen molar-refractivity contribution in [2.24, 2.45) is 4.99 Å². The van der Waals surface area contributed by atoms with Crippen LogP contribution < -0.4 is 0 Å². The van der Waals surface area contributed by atoms with Crippen molar-refractivity contribution in [3.63, 3.8) is 0 Å². The summed E-state index contributed by atoms with van der Waals surface area (Å²) in [5.74, 6) is 0. The Hall–Kier alpha value is -0.785. The van der Waals surface area contributed by atoms with E-state index in [2.05, 4.69) is 46.2 Å². The molecule has 0 fully saturated rings. The first-order chi connectivity index (χ1) is 4.99. The summed E-state index contributed by atoms with van der Waals surface area (Å²) in [5, 5.41) is 0.149. The number of allylic oxidation sites excluding steroid dienone is 1. The Morgan fingerprint density at radius 3 is 2.18 bits per heavy atom. The minimum Gasteiger partial charge on any atom is -0.273 e. The smallest absolute Gasteiger partial charge is 0.184 e. The van der Waals surface area contributed by atoms with Gasteiger partial charge in [-0.3, -0.25) is 4.99 Å². The lowest BCUT2D eigenvalue weighted by molar-refractivity contribution is 0.761. The first kappa shape index (κ1) is 10.2. The van der Waals surface area contributed by atoms with E-state index in [1.807, 2.05) is 0 Å². The number of nitrogens with zero attached hydrogens (tertiary/aromatic N) is 1. The highest BCUT2D eigenvalue weighted by molar-refractivity contribution is 6.79. The molecule has 0 heterocycles. The van der Waals surface area contributed by atoms with Gasteiger partial charge in [0, 0.05) is 6.20 Å². The van der Waals surface area contributed by atoms with Crippen molar-refractivity contribution >= 4 is 12.9 Å². The molecule has 0 rings (SSSR count). The Labute approximate surface area is 70.2 Å². The lowest BCUT2D eigenvalue weighted by atomic mass is 9.52. The molecule has 2 heteroatoms. The predicted molar refractivity (Wildman–Crippen MR) is 53.3 cm³/mol. The topological polar surface area (TPSA) is 12.4 Å². The zero-order valence-corrected chi connectivity index (χ0v) is 7.59. The Kier molecular flexibility index (Phi) is 3.87. The number of hydrogen-bond donors (Lipinski definition) is 0. The van der Waals surface area contributed by atoms with Crippen LogP contribution in [0.15, 0.2) is 30.4 Å². The highest BCUT2D eigenvalue weighted by Crippen LogP contribution is 2.20. The Morgan fingerprint density at radius 2 is 1.91 bits per heavy atom. The van der Waals surface area contributed by atoms with E-state index in [0.29, 0.717) is 0 Å². The van der Waals surface area contributed by atoms with Gasteiger partial charge in [-0.25, -0.2) is 0 Å². The van der Waals surface area contributed by atoms with Crippen molar-refractivity contribution in [2.45, 2.75) is 26.1 Å². The van der Waals surface area contributed by atoms with Crippen molar-refractivity contribution in [2.75, 3.05) is 0 Å². The molecule has 1 radical (unpaired) electrons. The molecule has 0 saturated heterocycles. The monoisotopic (exact) mass is 148 g/mol. The molecule has 0 bridgehead atoms. The minimum absolute atomic E-state index is 0.149. The highest BCUT2D eigenvalue weighted by atomic mass is 14.7. The number of rotatable bonds is 3. The van der Waals surface area contributed by atoms with Crippen LogP contribution in [0.4, 0.5) is 0 Å². The third kappa shape index (κ3) is 5.65. The second kappa shape index (κ2) is 4.17. The molecule has 0 aliphatic heterocycles. The van der Waals surface area contributed by atoms with E-state index in [9.17, 15) is 0 Å². The van der Waals surface area contributed by atoms with Crippen molar-refractivity contribution in [3.05, 3.63) is 25.4 Å². The highest BCUT2D eigenvalue weighted by Gasteiger charge is 2.14. The number of hydrogen-bond acceptors (Lipinski definition) is 1. The Bertz CT molecular complexity index is 174. The SMILES string of the molecule is C=CN=C([B]C(C)(C)C)C=C. The molecule has 0 aromatic heterocycles. The van der Waals surface area contributed by atoms with Gasteiger partial charge >= 0.3 is 0 Å². The average Bonchev–Trinajstić information content (AvgIpc) is 1.84. The van der Waals surface area contributed by atoms with Crippen molar-refractivity contribution in [3.8, 4) is 0 Å². The van der Waals surface area contributed by atoms with Crippen LogP contribution in [0.3, 0.4) is 0 Å². The summed E-state index contributed by atoms with van der Waals surface area (Å²) < 4.78 is 0. The van der Waals surface area contributed by atoms with Gasteiger partial charge in [0.05, 0.1) is 0 Å². The summed E-state index contributed by atoms with van der Waals surface area (Å²) in [7, 11) is 2.06. The van der Waals surface area contributed by atoms with Gasteiger partial charge in [0.15, 0.2) is 7.28 Å². The van der Waals surface area contributed by atoms with Crippen LogP contribution in [0.25, 0.3) is 0 Å². The third-order valence-corrected chi connectivity index (χ3v) is 1.03. The lowest BCUT2D eigenvalue weighted by Gasteiger charge is -2.15. The summed E-state index contributed by atoms with van der Waals surface area (Å²) in [4.78, 5) is 4.03. The molecule has 1 nitrogen and oxygen atoms in total. The molecule has 0 amide bonds. The molecule has 0 N–H and O–H groups in total. The Balaban J connectivity index is 4.20. The third-order valence-electron chi connectivity index (χ3n) is 1.03. The maximum Gasteiger partial charge on any atom is 0.184 e. The van der Waals surface area contributed by atoms with Crippen molar-refractivity contribution in [1.29, 1.82) is 0 Å². The van der Waals surface area contributed by atoms with Gasteiger partial charge in [0.2, 0.25) is 0 Å². The molecule has 0 aromatic rings. The van der Waals surface area contributed by atoms with Crippen LogP contribution >= 0.6 is 0 Å².